The molecular formula is C38H48N2O9. The molecule has 2 N–H and O–H groups in total. The van der Waals surface area contributed by atoms with E-state index in [0.29, 0.717) is 6.61 Å². The van der Waals surface area contributed by atoms with Crippen LogP contribution in [-0.2, 0) is 57.8 Å². The van der Waals surface area contributed by atoms with Crippen LogP contribution in [0.1, 0.15) is 50.8 Å². The number of carbonyl (C=O) groups excluding carboxylic acids is 3. The number of hydrogen-bond donors (Lipinski definition) is 2. The number of ether oxygens (including phenoxy) is 6. The minimum absolute atomic E-state index is 0.0668. The first kappa shape index (κ1) is 37.5. The summed E-state index contributed by atoms with van der Waals surface area (Å²) in [5.74, 6) is -1.03. The molecule has 1 fully saturated rings. The standard InChI is InChI=1S/C38H48N2O9/c1-26(41)39-33-31(21-30(36(42)44-5)40-37(43)49-38(2,3)4)48-32(25-45-22-27-15-9-6-10-16-27)34(46-23-28-17-11-7-12-18-28)35(33)47-24-29-19-13-8-14-20-29/h6-20,30-35H,21-25H2,1-5H3,(H,39,41)(H,40,43)/t30-,31+,32-,33+,34+,35-/m1/s1. The summed E-state index contributed by atoms with van der Waals surface area (Å²) >= 11 is 0. The lowest BCUT2D eigenvalue weighted by Crippen LogP contribution is -2.66. The summed E-state index contributed by atoms with van der Waals surface area (Å²) in [6, 6.07) is 27.2. The van der Waals surface area contributed by atoms with Crippen LogP contribution in [0.5, 0.6) is 0 Å². The molecule has 4 rings (SSSR count). The third kappa shape index (κ3) is 12.3. The van der Waals surface area contributed by atoms with E-state index in [2.05, 4.69) is 10.6 Å². The molecule has 2 amide bonds. The van der Waals surface area contributed by atoms with E-state index in [1.54, 1.807) is 20.8 Å². The normalized spacial score (nSPS) is 21.3. The predicted molar refractivity (Wildman–Crippen MR) is 182 cm³/mol. The average Bonchev–Trinajstić information content (AvgIpc) is 3.07. The van der Waals surface area contributed by atoms with E-state index < -0.39 is 54.2 Å². The maximum Gasteiger partial charge on any atom is 0.408 e. The van der Waals surface area contributed by atoms with Crippen molar-refractivity contribution in [3.8, 4) is 0 Å². The second-order valence-electron chi connectivity index (χ2n) is 12.9. The second kappa shape index (κ2) is 18.5. The van der Waals surface area contributed by atoms with Gasteiger partial charge in [-0.15, -0.1) is 0 Å². The quantitative estimate of drug-likeness (QED) is 0.211. The molecule has 0 radical (unpaired) electrons. The smallest absolute Gasteiger partial charge is 0.408 e. The molecule has 0 bridgehead atoms. The zero-order valence-corrected chi connectivity index (χ0v) is 28.8. The van der Waals surface area contributed by atoms with Crippen molar-refractivity contribution in [1.29, 1.82) is 0 Å². The van der Waals surface area contributed by atoms with Gasteiger partial charge in [0, 0.05) is 13.3 Å². The highest BCUT2D eigenvalue weighted by atomic mass is 16.6. The molecule has 0 spiro atoms. The van der Waals surface area contributed by atoms with Gasteiger partial charge in [0.15, 0.2) is 0 Å². The lowest BCUT2D eigenvalue weighted by Gasteiger charge is -2.47. The Balaban J connectivity index is 1.68. The number of esters is 1. The Morgan fingerprint density at radius 1 is 0.755 bits per heavy atom. The van der Waals surface area contributed by atoms with Crippen molar-refractivity contribution in [2.24, 2.45) is 0 Å². The van der Waals surface area contributed by atoms with E-state index in [1.807, 2.05) is 91.0 Å². The monoisotopic (exact) mass is 676 g/mol. The van der Waals surface area contributed by atoms with E-state index in [1.165, 1.54) is 14.0 Å². The Morgan fingerprint density at radius 3 is 1.76 bits per heavy atom. The van der Waals surface area contributed by atoms with Crippen molar-refractivity contribution in [3.63, 3.8) is 0 Å². The molecule has 11 nitrogen and oxygen atoms in total. The van der Waals surface area contributed by atoms with Crippen molar-refractivity contribution in [3.05, 3.63) is 108 Å². The summed E-state index contributed by atoms with van der Waals surface area (Å²) in [6.45, 7) is 7.48. The van der Waals surface area contributed by atoms with Crippen molar-refractivity contribution in [2.45, 2.75) is 96.0 Å². The van der Waals surface area contributed by atoms with Crippen LogP contribution in [0, 0.1) is 0 Å². The molecule has 11 heteroatoms. The molecule has 0 saturated carbocycles. The zero-order valence-electron chi connectivity index (χ0n) is 28.8. The van der Waals surface area contributed by atoms with Gasteiger partial charge in [0.2, 0.25) is 5.91 Å². The minimum atomic E-state index is -1.16. The number of rotatable bonds is 15. The van der Waals surface area contributed by atoms with Crippen molar-refractivity contribution in [1.82, 2.24) is 10.6 Å². The Hall–Kier alpha value is -4.29. The molecule has 3 aromatic rings. The van der Waals surface area contributed by atoms with Crippen LogP contribution in [0.25, 0.3) is 0 Å². The number of carbonyl (C=O) groups is 3. The summed E-state index contributed by atoms with van der Waals surface area (Å²) < 4.78 is 36.5. The van der Waals surface area contributed by atoms with E-state index in [4.69, 9.17) is 28.4 Å². The molecule has 49 heavy (non-hydrogen) atoms. The molecule has 1 aliphatic heterocycles. The number of amides is 2. The van der Waals surface area contributed by atoms with Gasteiger partial charge in [0.25, 0.3) is 0 Å². The number of hydrogen-bond acceptors (Lipinski definition) is 9. The Morgan fingerprint density at radius 2 is 1.27 bits per heavy atom. The third-order valence-corrected chi connectivity index (χ3v) is 7.77. The molecule has 0 aromatic heterocycles. The fourth-order valence-electron chi connectivity index (χ4n) is 5.60. The average molecular weight is 677 g/mol. The van der Waals surface area contributed by atoms with Gasteiger partial charge in [-0.2, -0.15) is 0 Å². The highest BCUT2D eigenvalue weighted by molar-refractivity contribution is 5.81. The van der Waals surface area contributed by atoms with Crippen LogP contribution in [0.3, 0.4) is 0 Å². The van der Waals surface area contributed by atoms with Gasteiger partial charge >= 0.3 is 12.1 Å². The summed E-state index contributed by atoms with van der Waals surface area (Å²) in [5, 5.41) is 5.62. The lowest BCUT2D eigenvalue weighted by molar-refractivity contribution is -0.234. The highest BCUT2D eigenvalue weighted by Gasteiger charge is 2.49. The first-order valence-corrected chi connectivity index (χ1v) is 16.4. The van der Waals surface area contributed by atoms with Gasteiger partial charge in [-0.1, -0.05) is 91.0 Å². The van der Waals surface area contributed by atoms with Crippen LogP contribution >= 0.6 is 0 Å². The summed E-state index contributed by atoms with van der Waals surface area (Å²) in [4.78, 5) is 38.6. The first-order chi connectivity index (χ1) is 23.5. The highest BCUT2D eigenvalue weighted by Crippen LogP contribution is 2.31. The van der Waals surface area contributed by atoms with Crippen molar-refractivity contribution >= 4 is 18.0 Å². The van der Waals surface area contributed by atoms with Gasteiger partial charge in [0.05, 0.1) is 45.7 Å². The molecule has 0 aliphatic carbocycles. The van der Waals surface area contributed by atoms with Crippen molar-refractivity contribution < 1.29 is 42.8 Å². The Labute approximate surface area is 288 Å². The van der Waals surface area contributed by atoms with Crippen LogP contribution in [0.2, 0.25) is 0 Å². The van der Waals surface area contributed by atoms with E-state index in [0.717, 1.165) is 16.7 Å². The number of benzene rings is 3. The Kier molecular flexibility index (Phi) is 14.1. The van der Waals surface area contributed by atoms with E-state index in [-0.39, 0.29) is 32.1 Å². The molecule has 264 valence electrons. The second-order valence-corrected chi connectivity index (χ2v) is 12.9. The molecular weight excluding hydrogens is 628 g/mol. The number of nitrogens with one attached hydrogen (secondary N) is 2. The van der Waals surface area contributed by atoms with Gasteiger partial charge < -0.3 is 39.1 Å². The molecule has 0 unspecified atom stereocenters. The molecule has 1 aliphatic rings. The fourth-order valence-corrected chi connectivity index (χ4v) is 5.60. The van der Waals surface area contributed by atoms with E-state index >= 15 is 0 Å². The van der Waals surface area contributed by atoms with Gasteiger partial charge in [0.1, 0.15) is 30.0 Å². The van der Waals surface area contributed by atoms with Crippen LogP contribution in [-0.4, -0.2) is 73.8 Å². The maximum absolute atomic E-state index is 13.0. The van der Waals surface area contributed by atoms with Gasteiger partial charge in [-0.3, -0.25) is 4.79 Å². The molecule has 1 heterocycles. The summed E-state index contributed by atoms with van der Waals surface area (Å²) in [5.41, 5.74) is 2.05. The Bertz CT molecular complexity index is 1450. The molecule has 6 atom stereocenters. The fraction of sp³-hybridized carbons (Fsp3) is 0.447. The van der Waals surface area contributed by atoms with Crippen LogP contribution < -0.4 is 10.6 Å². The van der Waals surface area contributed by atoms with Crippen LogP contribution in [0.15, 0.2) is 91.0 Å². The summed E-state index contributed by atoms with van der Waals surface area (Å²) in [6.07, 6.45) is -3.85. The summed E-state index contributed by atoms with van der Waals surface area (Å²) in [7, 11) is 1.23. The number of methoxy groups -OCH3 is 1. The van der Waals surface area contributed by atoms with E-state index in [9.17, 15) is 14.4 Å². The van der Waals surface area contributed by atoms with Crippen molar-refractivity contribution in [2.75, 3.05) is 13.7 Å². The van der Waals surface area contributed by atoms with Crippen LogP contribution in [0.4, 0.5) is 4.79 Å². The maximum atomic E-state index is 13.0. The minimum Gasteiger partial charge on any atom is -0.467 e. The molecule has 1 saturated heterocycles. The third-order valence-electron chi connectivity index (χ3n) is 7.77. The number of alkyl carbamates (subject to hydrolysis) is 1. The van der Waals surface area contributed by atoms with Gasteiger partial charge in [-0.05, 0) is 37.5 Å². The predicted octanol–water partition coefficient (Wildman–Crippen LogP) is 5.10. The molecule has 3 aromatic carbocycles. The zero-order chi connectivity index (χ0) is 35.2. The largest absolute Gasteiger partial charge is 0.467 e. The first-order valence-electron chi connectivity index (χ1n) is 16.4. The van der Waals surface area contributed by atoms with Gasteiger partial charge in [-0.25, -0.2) is 9.59 Å². The lowest BCUT2D eigenvalue weighted by atomic mass is 9.88. The SMILES string of the molecule is COC(=O)[C@@H](C[C@@H]1O[C@H](COCc2ccccc2)[C@H](OCc2ccccc2)[C@H](OCc2ccccc2)[C@H]1NC(C)=O)NC(=O)OC(C)(C)C. The topological polar surface area (TPSA) is 131 Å².